The van der Waals surface area contributed by atoms with Crippen LogP contribution in [0.2, 0.25) is 0 Å². The Hall–Kier alpha value is -2.02. The summed E-state index contributed by atoms with van der Waals surface area (Å²) in [4.78, 5) is 25.7. The third-order valence-corrected chi connectivity index (χ3v) is 13.2. The molecular formula is C54H98O15. The van der Waals surface area contributed by atoms with Crippen molar-refractivity contribution >= 4 is 11.9 Å². The third kappa shape index (κ3) is 29.3. The number of rotatable bonds is 43. The van der Waals surface area contributed by atoms with Gasteiger partial charge in [0.1, 0.15) is 55.4 Å². The third-order valence-electron chi connectivity index (χ3n) is 13.2. The molecule has 0 aliphatic carbocycles. The number of esters is 2. The van der Waals surface area contributed by atoms with Gasteiger partial charge in [0.15, 0.2) is 18.7 Å². The summed E-state index contributed by atoms with van der Waals surface area (Å²) in [6.45, 7) is 2.55. The predicted octanol–water partition coefficient (Wildman–Crippen LogP) is 8.33. The second kappa shape index (κ2) is 41.5. The minimum absolute atomic E-state index is 0.160. The fourth-order valence-corrected chi connectivity index (χ4v) is 8.65. The second-order valence-corrected chi connectivity index (χ2v) is 19.4. The Labute approximate surface area is 415 Å². The Balaban J connectivity index is 1.74. The predicted molar refractivity (Wildman–Crippen MR) is 266 cm³/mol. The monoisotopic (exact) mass is 987 g/mol. The summed E-state index contributed by atoms with van der Waals surface area (Å²) >= 11 is 0. The van der Waals surface area contributed by atoms with Crippen molar-refractivity contribution in [3.63, 3.8) is 0 Å². The van der Waals surface area contributed by atoms with Gasteiger partial charge in [-0.1, -0.05) is 179 Å². The molecule has 2 heterocycles. The molecule has 2 rings (SSSR count). The number of allylic oxidation sites excluding steroid dienone is 4. The summed E-state index contributed by atoms with van der Waals surface area (Å²) in [5, 5.41) is 72.0. The minimum atomic E-state index is -1.77. The van der Waals surface area contributed by atoms with Gasteiger partial charge in [0.25, 0.3) is 0 Å². The summed E-state index contributed by atoms with van der Waals surface area (Å²) in [5.41, 5.74) is 0. The SMILES string of the molecule is CCCCCCCCCCCCCCCC/C=C/CC/C=C/CCCC(=O)OC[C@H](CO[C@H]1O[C@@H](CO[C@H]2O[C@@H](CO)[C@@H](O)C(O)C2O)[C@@H](O)C(O)C1O)OC(=O)CCCCCCCCCCCC. The molecular weight excluding hydrogens is 889 g/mol. The van der Waals surface area contributed by atoms with E-state index in [0.717, 1.165) is 38.5 Å². The Bertz CT molecular complexity index is 1300. The molecule has 11 atom stereocenters. The number of hydrogen-bond donors (Lipinski definition) is 7. The van der Waals surface area contributed by atoms with Crippen LogP contribution in [0, 0.1) is 0 Å². The molecule has 2 aliphatic heterocycles. The van der Waals surface area contributed by atoms with Crippen molar-refractivity contribution in [2.24, 2.45) is 0 Å². The van der Waals surface area contributed by atoms with Crippen LogP contribution in [-0.2, 0) is 38.0 Å². The van der Waals surface area contributed by atoms with Gasteiger partial charge in [0, 0.05) is 12.8 Å². The zero-order valence-corrected chi connectivity index (χ0v) is 42.8. The van der Waals surface area contributed by atoms with E-state index in [1.54, 1.807) is 0 Å². The molecule has 0 radical (unpaired) electrons. The van der Waals surface area contributed by atoms with Gasteiger partial charge in [-0.25, -0.2) is 0 Å². The normalized spacial score (nSPS) is 25.7. The van der Waals surface area contributed by atoms with Gasteiger partial charge in [-0.3, -0.25) is 9.59 Å². The number of carbonyl (C=O) groups is 2. The van der Waals surface area contributed by atoms with Gasteiger partial charge in [-0.15, -0.1) is 0 Å². The molecule has 7 N–H and O–H groups in total. The Morgan fingerprint density at radius 1 is 0.449 bits per heavy atom. The Morgan fingerprint density at radius 2 is 0.855 bits per heavy atom. The first-order valence-corrected chi connectivity index (χ1v) is 27.4. The molecule has 404 valence electrons. The molecule has 15 nitrogen and oxygen atoms in total. The van der Waals surface area contributed by atoms with Crippen LogP contribution >= 0.6 is 0 Å². The van der Waals surface area contributed by atoms with E-state index in [2.05, 4.69) is 38.2 Å². The van der Waals surface area contributed by atoms with E-state index in [4.69, 9.17) is 28.4 Å². The molecule has 0 bridgehead atoms. The van der Waals surface area contributed by atoms with Crippen LogP contribution in [-0.4, -0.2) is 142 Å². The van der Waals surface area contributed by atoms with E-state index >= 15 is 0 Å². The van der Waals surface area contributed by atoms with Gasteiger partial charge in [0.2, 0.25) is 0 Å². The topological polar surface area (TPSA) is 231 Å². The van der Waals surface area contributed by atoms with Gasteiger partial charge in [0.05, 0.1) is 19.8 Å². The first-order valence-electron chi connectivity index (χ1n) is 27.4. The fourth-order valence-electron chi connectivity index (χ4n) is 8.65. The Kier molecular flexibility index (Phi) is 37.9. The van der Waals surface area contributed by atoms with Crippen molar-refractivity contribution in [2.45, 2.75) is 280 Å². The van der Waals surface area contributed by atoms with E-state index in [9.17, 15) is 45.3 Å². The summed E-state index contributed by atoms with van der Waals surface area (Å²) in [7, 11) is 0. The van der Waals surface area contributed by atoms with Crippen LogP contribution in [0.3, 0.4) is 0 Å². The van der Waals surface area contributed by atoms with Crippen molar-refractivity contribution < 1.29 is 73.8 Å². The number of aliphatic hydroxyl groups is 7. The molecule has 69 heavy (non-hydrogen) atoms. The molecule has 0 aromatic rings. The van der Waals surface area contributed by atoms with E-state index in [-0.39, 0.29) is 19.4 Å². The van der Waals surface area contributed by atoms with E-state index in [0.29, 0.717) is 19.3 Å². The lowest BCUT2D eigenvalue weighted by molar-refractivity contribution is -0.332. The minimum Gasteiger partial charge on any atom is -0.462 e. The first-order chi connectivity index (χ1) is 33.5. The molecule has 0 aromatic carbocycles. The standard InChI is InChI=1S/C54H98O15/c1-3-5-7-9-11-13-15-16-17-18-19-20-21-22-23-24-25-26-27-29-30-32-34-36-45(56)64-39-42(67-46(57)37-35-33-31-28-14-12-10-8-6-4-2)40-65-53-52(63)50(61)48(59)44(69-53)41-66-54-51(62)49(60)47(58)43(38-55)68-54/h24-25,29-30,42-44,47-55,58-63H,3-23,26-28,31-41H2,1-2H3/b25-24+,30-29+/t42-,43+,44+,47-,48-,49?,50?,51?,52?,53+,54+/m1/s1. The maximum Gasteiger partial charge on any atom is 0.306 e. The van der Waals surface area contributed by atoms with Crippen molar-refractivity contribution in [3.8, 4) is 0 Å². The van der Waals surface area contributed by atoms with Crippen molar-refractivity contribution in [2.75, 3.05) is 26.4 Å². The van der Waals surface area contributed by atoms with Crippen LogP contribution in [0.15, 0.2) is 24.3 Å². The largest absolute Gasteiger partial charge is 0.462 e. The van der Waals surface area contributed by atoms with Crippen LogP contribution in [0.1, 0.15) is 213 Å². The Morgan fingerprint density at radius 3 is 1.36 bits per heavy atom. The maximum atomic E-state index is 12.9. The molecule has 2 fully saturated rings. The van der Waals surface area contributed by atoms with Crippen molar-refractivity contribution in [1.82, 2.24) is 0 Å². The van der Waals surface area contributed by atoms with Gasteiger partial charge < -0.3 is 64.2 Å². The molecule has 0 spiro atoms. The lowest BCUT2D eigenvalue weighted by Crippen LogP contribution is -2.61. The first kappa shape index (κ1) is 63.1. The van der Waals surface area contributed by atoms with E-state index < -0.39 is 99.3 Å². The highest BCUT2D eigenvalue weighted by molar-refractivity contribution is 5.70. The second-order valence-electron chi connectivity index (χ2n) is 19.4. The zero-order valence-electron chi connectivity index (χ0n) is 42.8. The number of carbonyl (C=O) groups excluding carboxylic acids is 2. The molecule has 2 aliphatic rings. The van der Waals surface area contributed by atoms with E-state index in [1.807, 2.05) is 0 Å². The maximum absolute atomic E-state index is 12.9. The highest BCUT2D eigenvalue weighted by Crippen LogP contribution is 2.27. The average Bonchev–Trinajstić information content (AvgIpc) is 3.34. The summed E-state index contributed by atoms with van der Waals surface area (Å²) in [6.07, 6.45) is 26.7. The number of hydrogen-bond acceptors (Lipinski definition) is 15. The molecule has 0 aromatic heterocycles. The van der Waals surface area contributed by atoms with Gasteiger partial charge in [-0.2, -0.15) is 0 Å². The van der Waals surface area contributed by atoms with Crippen LogP contribution < -0.4 is 0 Å². The molecule has 0 amide bonds. The fraction of sp³-hybridized carbons (Fsp3) is 0.889. The van der Waals surface area contributed by atoms with Crippen LogP contribution in [0.4, 0.5) is 0 Å². The average molecular weight is 987 g/mol. The number of unbranched alkanes of at least 4 members (excludes halogenated alkanes) is 25. The van der Waals surface area contributed by atoms with Crippen molar-refractivity contribution in [3.05, 3.63) is 24.3 Å². The number of aliphatic hydroxyl groups excluding tert-OH is 7. The lowest BCUT2D eigenvalue weighted by atomic mass is 9.98. The van der Waals surface area contributed by atoms with Crippen LogP contribution in [0.25, 0.3) is 0 Å². The van der Waals surface area contributed by atoms with Gasteiger partial charge in [-0.05, 0) is 44.9 Å². The number of ether oxygens (including phenoxy) is 6. The lowest BCUT2D eigenvalue weighted by Gasteiger charge is -2.42. The molecule has 0 saturated carbocycles. The quantitative estimate of drug-likeness (QED) is 0.0173. The van der Waals surface area contributed by atoms with Crippen molar-refractivity contribution in [1.29, 1.82) is 0 Å². The van der Waals surface area contributed by atoms with Gasteiger partial charge >= 0.3 is 11.9 Å². The zero-order chi connectivity index (χ0) is 50.3. The summed E-state index contributed by atoms with van der Waals surface area (Å²) < 4.78 is 33.5. The van der Waals surface area contributed by atoms with E-state index in [1.165, 1.54) is 128 Å². The highest BCUT2D eigenvalue weighted by Gasteiger charge is 2.47. The smallest absolute Gasteiger partial charge is 0.306 e. The molecule has 4 unspecified atom stereocenters. The van der Waals surface area contributed by atoms with Crippen LogP contribution in [0.5, 0.6) is 0 Å². The highest BCUT2D eigenvalue weighted by atomic mass is 16.7. The molecule has 2 saturated heterocycles. The summed E-state index contributed by atoms with van der Waals surface area (Å²) in [5.74, 6) is -0.969. The molecule has 15 heteroatoms. The summed E-state index contributed by atoms with van der Waals surface area (Å²) in [6, 6.07) is 0.